The summed E-state index contributed by atoms with van der Waals surface area (Å²) in [6, 6.07) is 7.33. The van der Waals surface area contributed by atoms with Crippen LogP contribution in [-0.4, -0.2) is 46.1 Å². The van der Waals surface area contributed by atoms with E-state index in [1.807, 2.05) is 25.1 Å². The van der Waals surface area contributed by atoms with E-state index in [0.717, 1.165) is 28.9 Å². The number of amides is 1. The molecule has 28 heavy (non-hydrogen) atoms. The maximum absolute atomic E-state index is 13.1. The van der Waals surface area contributed by atoms with Crippen LogP contribution in [0.1, 0.15) is 38.2 Å². The lowest BCUT2D eigenvalue weighted by atomic mass is 9.74. The molecule has 1 aromatic heterocycles. The van der Waals surface area contributed by atoms with Gasteiger partial charge in [0.25, 0.3) is 0 Å². The third-order valence-corrected chi connectivity index (χ3v) is 7.30. The number of benzene rings is 1. The Morgan fingerprint density at radius 2 is 2.14 bits per heavy atom. The molecule has 1 aliphatic carbocycles. The van der Waals surface area contributed by atoms with Crippen molar-refractivity contribution in [2.45, 2.75) is 42.5 Å². The largest absolute Gasteiger partial charge is 0.360 e. The summed E-state index contributed by atoms with van der Waals surface area (Å²) < 4.78 is 0.722. The van der Waals surface area contributed by atoms with Crippen LogP contribution in [0, 0.1) is 0 Å². The minimum Gasteiger partial charge on any atom is -0.360 e. The van der Waals surface area contributed by atoms with Crippen molar-refractivity contribution >= 4 is 51.5 Å². The van der Waals surface area contributed by atoms with Crippen molar-refractivity contribution in [1.82, 2.24) is 15.1 Å². The second-order valence-corrected chi connectivity index (χ2v) is 9.22. The number of thioether (sulfide) groups is 1. The van der Waals surface area contributed by atoms with E-state index < -0.39 is 5.54 Å². The van der Waals surface area contributed by atoms with Crippen molar-refractivity contribution in [2.24, 2.45) is 0 Å². The van der Waals surface area contributed by atoms with Crippen LogP contribution in [0.2, 0.25) is 5.02 Å². The van der Waals surface area contributed by atoms with E-state index in [1.165, 1.54) is 23.1 Å². The van der Waals surface area contributed by atoms with Crippen molar-refractivity contribution in [3.8, 4) is 0 Å². The first-order valence-electron chi connectivity index (χ1n) is 9.24. The van der Waals surface area contributed by atoms with E-state index in [9.17, 15) is 9.59 Å². The standard InChI is InChI=1S/C19H23ClN4O2S2/c1-3-21-17-22-23-18(28-17)27-12-16(26)24(2)19(11-7-6-10-15(19)25)13-8-4-5-9-14(13)20/h4-5,8-9H,3,6-7,10-12H2,1-2H3,(H,21,22)/t19-/m0/s1. The Labute approximate surface area is 178 Å². The Bertz CT molecular complexity index is 860. The Morgan fingerprint density at radius 1 is 1.36 bits per heavy atom. The number of carbonyl (C=O) groups is 2. The van der Waals surface area contributed by atoms with Gasteiger partial charge in [-0.15, -0.1) is 10.2 Å². The molecule has 1 heterocycles. The number of carbonyl (C=O) groups excluding carboxylic acids is 2. The molecule has 150 valence electrons. The molecule has 1 atom stereocenters. The van der Waals surface area contributed by atoms with E-state index in [0.29, 0.717) is 23.4 Å². The molecule has 1 saturated carbocycles. The van der Waals surface area contributed by atoms with Crippen LogP contribution in [0.4, 0.5) is 5.13 Å². The van der Waals surface area contributed by atoms with Gasteiger partial charge in [0.1, 0.15) is 5.54 Å². The predicted molar refractivity (Wildman–Crippen MR) is 114 cm³/mol. The van der Waals surface area contributed by atoms with E-state index >= 15 is 0 Å². The summed E-state index contributed by atoms with van der Waals surface area (Å²) in [6.45, 7) is 2.76. The van der Waals surface area contributed by atoms with Crippen molar-refractivity contribution in [2.75, 3.05) is 24.7 Å². The van der Waals surface area contributed by atoms with Gasteiger partial charge in [0.15, 0.2) is 10.1 Å². The number of aromatic nitrogens is 2. The molecular weight excluding hydrogens is 416 g/mol. The number of nitrogens with one attached hydrogen (secondary N) is 1. The molecule has 1 fully saturated rings. The molecule has 0 spiro atoms. The summed E-state index contributed by atoms with van der Waals surface area (Å²) in [5.41, 5.74) is -0.280. The first-order valence-corrected chi connectivity index (χ1v) is 11.4. The van der Waals surface area contributed by atoms with Gasteiger partial charge in [0.05, 0.1) is 5.75 Å². The van der Waals surface area contributed by atoms with Crippen LogP contribution >= 0.6 is 34.7 Å². The molecule has 1 amide bonds. The topological polar surface area (TPSA) is 75.2 Å². The second-order valence-electron chi connectivity index (χ2n) is 6.62. The Morgan fingerprint density at radius 3 is 2.86 bits per heavy atom. The average Bonchev–Trinajstić information content (AvgIpc) is 3.14. The van der Waals surface area contributed by atoms with Gasteiger partial charge in [-0.05, 0) is 32.3 Å². The summed E-state index contributed by atoms with van der Waals surface area (Å²) in [5.74, 6) is 0.120. The maximum atomic E-state index is 13.1. The zero-order valence-corrected chi connectivity index (χ0v) is 18.3. The Kier molecular flexibility index (Phi) is 6.95. The number of likely N-dealkylation sites (N-methyl/N-ethyl adjacent to an activating group) is 1. The van der Waals surface area contributed by atoms with E-state index in [-0.39, 0.29) is 17.4 Å². The highest BCUT2D eigenvalue weighted by Gasteiger charge is 2.47. The number of rotatable bonds is 7. The Hall–Kier alpha value is -1.64. The predicted octanol–water partition coefficient (Wildman–Crippen LogP) is 4.21. The van der Waals surface area contributed by atoms with Crippen LogP contribution in [0.3, 0.4) is 0 Å². The monoisotopic (exact) mass is 438 g/mol. The third kappa shape index (κ3) is 4.18. The Balaban J connectivity index is 1.81. The number of hydrogen-bond acceptors (Lipinski definition) is 7. The number of halogens is 1. The number of anilines is 1. The molecule has 3 rings (SSSR count). The van der Waals surface area contributed by atoms with E-state index in [1.54, 1.807) is 18.0 Å². The van der Waals surface area contributed by atoms with Gasteiger partial charge in [-0.1, -0.05) is 52.9 Å². The quantitative estimate of drug-likeness (QED) is 0.652. The first-order chi connectivity index (χ1) is 13.5. The molecule has 1 aliphatic rings. The first kappa shape index (κ1) is 21.1. The molecule has 2 aromatic rings. The zero-order chi connectivity index (χ0) is 20.1. The summed E-state index contributed by atoms with van der Waals surface area (Å²) in [5, 5.41) is 12.5. The normalized spacial score (nSPS) is 19.5. The average molecular weight is 439 g/mol. The lowest BCUT2D eigenvalue weighted by Gasteiger charge is -2.44. The smallest absolute Gasteiger partial charge is 0.233 e. The van der Waals surface area contributed by atoms with Gasteiger partial charge in [0.2, 0.25) is 11.0 Å². The van der Waals surface area contributed by atoms with Crippen LogP contribution in [0.5, 0.6) is 0 Å². The summed E-state index contributed by atoms with van der Waals surface area (Å²) in [4.78, 5) is 27.7. The summed E-state index contributed by atoms with van der Waals surface area (Å²) in [7, 11) is 1.71. The van der Waals surface area contributed by atoms with Gasteiger partial charge in [0, 0.05) is 30.6 Å². The molecule has 0 radical (unpaired) electrons. The van der Waals surface area contributed by atoms with Gasteiger partial charge < -0.3 is 10.2 Å². The summed E-state index contributed by atoms with van der Waals surface area (Å²) in [6.07, 6.45) is 2.77. The molecule has 1 N–H and O–H groups in total. The van der Waals surface area contributed by atoms with Crippen LogP contribution in [-0.2, 0) is 15.1 Å². The van der Waals surface area contributed by atoms with Crippen molar-refractivity contribution in [3.05, 3.63) is 34.9 Å². The molecule has 6 nitrogen and oxygen atoms in total. The molecule has 9 heteroatoms. The van der Waals surface area contributed by atoms with Crippen molar-refractivity contribution < 1.29 is 9.59 Å². The molecular formula is C19H23ClN4O2S2. The fourth-order valence-corrected chi connectivity index (χ4v) is 5.58. The molecule has 0 unspecified atom stereocenters. The number of nitrogens with zero attached hydrogens (tertiary/aromatic N) is 3. The number of hydrogen-bond donors (Lipinski definition) is 1. The second kappa shape index (κ2) is 9.24. The minimum absolute atomic E-state index is 0.0537. The SMILES string of the molecule is CCNc1nnc(SCC(=O)N(C)[C@]2(c3ccccc3Cl)CCCCC2=O)s1. The lowest BCUT2D eigenvalue weighted by Crippen LogP contribution is -2.54. The zero-order valence-electron chi connectivity index (χ0n) is 15.9. The summed E-state index contributed by atoms with van der Waals surface area (Å²) >= 11 is 9.20. The molecule has 1 aromatic carbocycles. The molecule has 0 saturated heterocycles. The van der Waals surface area contributed by atoms with E-state index in [4.69, 9.17) is 11.6 Å². The van der Waals surface area contributed by atoms with E-state index in [2.05, 4.69) is 15.5 Å². The number of Topliss-reactive ketones (excluding diaryl/α,β-unsaturated/α-hetero) is 1. The van der Waals surface area contributed by atoms with Crippen molar-refractivity contribution in [3.63, 3.8) is 0 Å². The molecule has 0 bridgehead atoms. The van der Waals surface area contributed by atoms with Crippen LogP contribution in [0.15, 0.2) is 28.6 Å². The van der Waals surface area contributed by atoms with Gasteiger partial charge in [-0.3, -0.25) is 9.59 Å². The van der Waals surface area contributed by atoms with Gasteiger partial charge in [-0.25, -0.2) is 0 Å². The maximum Gasteiger partial charge on any atom is 0.233 e. The van der Waals surface area contributed by atoms with Crippen LogP contribution in [0.25, 0.3) is 0 Å². The highest BCUT2D eigenvalue weighted by molar-refractivity contribution is 8.01. The fourth-order valence-electron chi connectivity index (χ4n) is 3.55. The third-order valence-electron chi connectivity index (χ3n) is 4.97. The minimum atomic E-state index is -0.996. The van der Waals surface area contributed by atoms with Crippen molar-refractivity contribution in [1.29, 1.82) is 0 Å². The molecule has 0 aliphatic heterocycles. The highest BCUT2D eigenvalue weighted by Crippen LogP contribution is 2.42. The fraction of sp³-hybridized carbons (Fsp3) is 0.474. The van der Waals surface area contributed by atoms with Gasteiger partial charge in [-0.2, -0.15) is 0 Å². The lowest BCUT2D eigenvalue weighted by molar-refractivity contribution is -0.146. The highest BCUT2D eigenvalue weighted by atomic mass is 35.5. The number of ketones is 1. The van der Waals surface area contributed by atoms with Crippen LogP contribution < -0.4 is 5.32 Å². The van der Waals surface area contributed by atoms with Gasteiger partial charge >= 0.3 is 0 Å².